The number of nitrogens with zero attached hydrogens (tertiary/aromatic N) is 4. The van der Waals surface area contributed by atoms with E-state index < -0.39 is 29.4 Å². The fourth-order valence-corrected chi connectivity index (χ4v) is 4.25. The van der Waals surface area contributed by atoms with Crippen molar-refractivity contribution in [1.82, 2.24) is 19.7 Å². The quantitative estimate of drug-likeness (QED) is 0.295. The van der Waals surface area contributed by atoms with Crippen LogP contribution >= 0.6 is 0 Å². The van der Waals surface area contributed by atoms with Gasteiger partial charge in [0.1, 0.15) is 5.69 Å². The van der Waals surface area contributed by atoms with Crippen molar-refractivity contribution in [3.8, 4) is 11.3 Å². The molecule has 3 heterocycles. The van der Waals surface area contributed by atoms with E-state index in [4.69, 9.17) is 0 Å². The summed E-state index contributed by atoms with van der Waals surface area (Å²) in [5.74, 6) is -2.35. The number of amides is 2. The Hall–Kier alpha value is -4.54. The summed E-state index contributed by atoms with van der Waals surface area (Å²) >= 11 is 0. The molecule has 2 aromatic heterocycles. The third-order valence-corrected chi connectivity index (χ3v) is 6.11. The van der Waals surface area contributed by atoms with Gasteiger partial charge in [0.05, 0.1) is 34.6 Å². The van der Waals surface area contributed by atoms with Crippen molar-refractivity contribution in [1.29, 1.82) is 0 Å². The number of benzene rings is 2. The molecule has 7 nitrogen and oxygen atoms in total. The first-order valence-corrected chi connectivity index (χ1v) is 11.2. The topological polar surface area (TPSA) is 80.1 Å². The van der Waals surface area contributed by atoms with E-state index in [9.17, 15) is 27.2 Å². The number of alkyl halides is 3. The monoisotopic (exact) mass is 509 g/mol. The minimum atomic E-state index is -4.49. The molecule has 4 aromatic rings. The number of rotatable bonds is 5. The van der Waals surface area contributed by atoms with Gasteiger partial charge in [-0.05, 0) is 30.3 Å². The van der Waals surface area contributed by atoms with Crippen LogP contribution < -0.4 is 5.32 Å². The predicted octanol–water partition coefficient (Wildman–Crippen LogP) is 5.24. The van der Waals surface area contributed by atoms with Crippen molar-refractivity contribution in [3.05, 3.63) is 90.5 Å². The predicted molar refractivity (Wildman–Crippen MR) is 128 cm³/mol. The van der Waals surface area contributed by atoms with Gasteiger partial charge in [0, 0.05) is 30.2 Å². The van der Waals surface area contributed by atoms with E-state index in [1.807, 2.05) is 0 Å². The van der Waals surface area contributed by atoms with Crippen LogP contribution in [-0.4, -0.2) is 44.6 Å². The first-order valence-electron chi connectivity index (χ1n) is 11.2. The number of hydrogen-bond donors (Lipinski definition) is 1. The Bertz CT molecular complexity index is 1510. The summed E-state index contributed by atoms with van der Waals surface area (Å²) < 4.78 is 54.1. The lowest BCUT2D eigenvalue weighted by molar-refractivity contribution is -0.137. The van der Waals surface area contributed by atoms with Gasteiger partial charge in [-0.3, -0.25) is 19.3 Å². The zero-order valence-electron chi connectivity index (χ0n) is 19.2. The summed E-state index contributed by atoms with van der Waals surface area (Å²) in [5.41, 5.74) is 1.18. The SMILES string of the molecule is C=C(F)C(=O)N1CC(n2nc(-c3ccc(C(F)(F)F)cc3)c3cccc(C(=O)Nc4cccnc4)c32)C1. The minimum Gasteiger partial charge on any atom is -0.332 e. The van der Waals surface area contributed by atoms with Crippen LogP contribution in [0.3, 0.4) is 0 Å². The van der Waals surface area contributed by atoms with E-state index in [1.165, 1.54) is 23.2 Å². The summed E-state index contributed by atoms with van der Waals surface area (Å²) in [6.07, 6.45) is -1.43. The molecule has 37 heavy (non-hydrogen) atoms. The number of para-hydroxylation sites is 1. The van der Waals surface area contributed by atoms with Gasteiger partial charge in [0.25, 0.3) is 11.8 Å². The third kappa shape index (κ3) is 4.55. The molecule has 2 amide bonds. The van der Waals surface area contributed by atoms with Crippen molar-refractivity contribution in [2.24, 2.45) is 0 Å². The maximum Gasteiger partial charge on any atom is 0.416 e. The fraction of sp³-hybridized carbons (Fsp3) is 0.154. The summed E-state index contributed by atoms with van der Waals surface area (Å²) in [6, 6.07) is 12.5. The van der Waals surface area contributed by atoms with Crippen molar-refractivity contribution < 1.29 is 27.2 Å². The molecule has 0 bridgehead atoms. The van der Waals surface area contributed by atoms with Crippen molar-refractivity contribution in [2.45, 2.75) is 12.2 Å². The number of carbonyl (C=O) groups excluding carboxylic acids is 2. The summed E-state index contributed by atoms with van der Waals surface area (Å²) in [7, 11) is 0. The van der Waals surface area contributed by atoms with Crippen LogP contribution in [0.4, 0.5) is 23.2 Å². The van der Waals surface area contributed by atoms with Crippen LogP contribution in [-0.2, 0) is 11.0 Å². The second-order valence-corrected chi connectivity index (χ2v) is 8.53. The lowest BCUT2D eigenvalue weighted by Gasteiger charge is -2.39. The van der Waals surface area contributed by atoms with E-state index in [-0.39, 0.29) is 24.7 Å². The average molecular weight is 509 g/mol. The molecule has 0 saturated carbocycles. The van der Waals surface area contributed by atoms with E-state index >= 15 is 0 Å². The summed E-state index contributed by atoms with van der Waals surface area (Å²) in [4.78, 5) is 30.4. The minimum absolute atomic E-state index is 0.129. The molecule has 1 saturated heterocycles. The van der Waals surface area contributed by atoms with Gasteiger partial charge in [0.2, 0.25) is 0 Å². The van der Waals surface area contributed by atoms with Crippen LogP contribution in [0.25, 0.3) is 22.2 Å². The molecule has 0 aliphatic carbocycles. The Morgan fingerprint density at radius 1 is 1.03 bits per heavy atom. The molecule has 5 rings (SSSR count). The molecule has 1 fully saturated rings. The van der Waals surface area contributed by atoms with Crippen molar-refractivity contribution >= 4 is 28.4 Å². The zero-order chi connectivity index (χ0) is 26.3. The van der Waals surface area contributed by atoms with Crippen LogP contribution in [0.2, 0.25) is 0 Å². The molecule has 0 spiro atoms. The normalized spacial score (nSPS) is 13.9. The zero-order valence-corrected chi connectivity index (χ0v) is 19.2. The van der Waals surface area contributed by atoms with Gasteiger partial charge in [-0.25, -0.2) is 4.39 Å². The summed E-state index contributed by atoms with van der Waals surface area (Å²) in [5, 5.41) is 7.97. The number of hydrogen-bond acceptors (Lipinski definition) is 4. The van der Waals surface area contributed by atoms with Gasteiger partial charge in [-0.15, -0.1) is 0 Å². The van der Waals surface area contributed by atoms with Gasteiger partial charge in [-0.2, -0.15) is 18.3 Å². The molecule has 1 aliphatic heterocycles. The Morgan fingerprint density at radius 3 is 2.38 bits per heavy atom. The maximum atomic E-state index is 13.3. The smallest absolute Gasteiger partial charge is 0.332 e. The van der Waals surface area contributed by atoms with E-state index in [2.05, 4.69) is 22.0 Å². The number of anilines is 1. The van der Waals surface area contributed by atoms with Gasteiger partial charge in [-0.1, -0.05) is 30.8 Å². The van der Waals surface area contributed by atoms with Crippen LogP contribution in [0.1, 0.15) is 22.0 Å². The number of aromatic nitrogens is 3. The molecule has 0 radical (unpaired) electrons. The van der Waals surface area contributed by atoms with Crippen molar-refractivity contribution in [3.63, 3.8) is 0 Å². The number of carbonyl (C=O) groups is 2. The first-order chi connectivity index (χ1) is 17.6. The largest absolute Gasteiger partial charge is 0.416 e. The second-order valence-electron chi connectivity index (χ2n) is 8.53. The highest BCUT2D eigenvalue weighted by Crippen LogP contribution is 2.36. The molecule has 188 valence electrons. The number of likely N-dealkylation sites (tertiary alicyclic amines) is 1. The highest BCUT2D eigenvalue weighted by atomic mass is 19.4. The molecule has 1 N–H and O–H groups in total. The van der Waals surface area contributed by atoms with Gasteiger partial charge < -0.3 is 10.2 Å². The molecule has 11 heteroatoms. The third-order valence-electron chi connectivity index (χ3n) is 6.11. The number of fused-ring (bicyclic) bond motifs is 1. The number of pyridine rings is 1. The first kappa shape index (κ1) is 24.2. The van der Waals surface area contributed by atoms with Crippen molar-refractivity contribution in [2.75, 3.05) is 18.4 Å². The molecule has 2 aromatic carbocycles. The fourth-order valence-electron chi connectivity index (χ4n) is 4.25. The number of nitrogens with one attached hydrogen (secondary N) is 1. The van der Waals surface area contributed by atoms with E-state index in [1.54, 1.807) is 41.2 Å². The highest BCUT2D eigenvalue weighted by molar-refractivity contribution is 6.13. The summed E-state index contributed by atoms with van der Waals surface area (Å²) in [6.45, 7) is 3.29. The molecular formula is C26H19F4N5O2. The molecular weight excluding hydrogens is 490 g/mol. The molecule has 0 atom stereocenters. The van der Waals surface area contributed by atoms with Gasteiger partial charge in [0.15, 0.2) is 5.83 Å². The second kappa shape index (κ2) is 9.16. The Labute approximate surface area is 208 Å². The lowest BCUT2D eigenvalue weighted by atomic mass is 10.0. The van der Waals surface area contributed by atoms with Crippen LogP contribution in [0.15, 0.2) is 79.4 Å². The van der Waals surface area contributed by atoms with Crippen LogP contribution in [0, 0.1) is 0 Å². The maximum absolute atomic E-state index is 13.3. The number of halogens is 4. The molecule has 1 aliphatic rings. The highest BCUT2D eigenvalue weighted by Gasteiger charge is 2.36. The van der Waals surface area contributed by atoms with Gasteiger partial charge >= 0.3 is 6.18 Å². The van der Waals surface area contributed by atoms with E-state index in [0.717, 1.165) is 12.1 Å². The Kier molecular flexibility index (Phi) is 5.98. The lowest BCUT2D eigenvalue weighted by Crippen LogP contribution is -2.51. The Balaban J connectivity index is 1.59. The average Bonchev–Trinajstić information content (AvgIpc) is 3.22. The molecule has 0 unspecified atom stereocenters. The standard InChI is InChI=1S/C26H19F4N5O2/c1-15(27)25(37)34-13-19(14-34)35-23-20(22(33-35)16-7-9-17(10-8-16)26(28,29)30)5-2-6-21(23)24(36)32-18-4-3-11-31-12-18/h2-12,19H,1,13-14H2,(H,32,36). The van der Waals surface area contributed by atoms with Crippen LogP contribution in [0.5, 0.6) is 0 Å². The van der Waals surface area contributed by atoms with E-state index in [0.29, 0.717) is 27.8 Å². The Morgan fingerprint density at radius 2 is 1.76 bits per heavy atom.